The second kappa shape index (κ2) is 5.24. The highest BCUT2D eigenvalue weighted by atomic mass is 32.1. The smallest absolute Gasteiger partial charge is 0.208 e. The molecular formula is C14H18N2OS. The van der Waals surface area contributed by atoms with Gasteiger partial charge in [-0.1, -0.05) is 13.0 Å². The number of aromatic nitrogens is 1. The van der Waals surface area contributed by atoms with E-state index in [2.05, 4.69) is 34.7 Å². The zero-order valence-corrected chi connectivity index (χ0v) is 11.4. The lowest BCUT2D eigenvalue weighted by Gasteiger charge is -2.15. The third-order valence-corrected chi connectivity index (χ3v) is 4.32. The van der Waals surface area contributed by atoms with E-state index in [0.717, 1.165) is 30.5 Å². The van der Waals surface area contributed by atoms with Crippen LogP contribution in [0.3, 0.4) is 0 Å². The zero-order valence-electron chi connectivity index (χ0n) is 10.6. The van der Waals surface area contributed by atoms with Gasteiger partial charge in [-0.15, -0.1) is 11.3 Å². The summed E-state index contributed by atoms with van der Waals surface area (Å²) >= 11 is 1.83. The summed E-state index contributed by atoms with van der Waals surface area (Å²) in [5.41, 5.74) is 0. The maximum Gasteiger partial charge on any atom is 0.208 e. The van der Waals surface area contributed by atoms with Crippen LogP contribution in [0.15, 0.2) is 28.1 Å². The predicted molar refractivity (Wildman–Crippen MR) is 72.5 cm³/mol. The van der Waals surface area contributed by atoms with Crippen molar-refractivity contribution in [3.63, 3.8) is 0 Å². The van der Waals surface area contributed by atoms with Gasteiger partial charge in [0.25, 0.3) is 0 Å². The Morgan fingerprint density at radius 2 is 2.44 bits per heavy atom. The summed E-state index contributed by atoms with van der Waals surface area (Å²) in [5.74, 6) is 2.56. The van der Waals surface area contributed by atoms with Crippen molar-refractivity contribution in [1.29, 1.82) is 0 Å². The molecule has 2 aromatic rings. The van der Waals surface area contributed by atoms with Crippen molar-refractivity contribution in [2.45, 2.75) is 38.8 Å². The van der Waals surface area contributed by atoms with Crippen LogP contribution in [0.5, 0.6) is 0 Å². The number of aryl methyl sites for hydroxylation is 1. The average molecular weight is 262 g/mol. The molecule has 1 unspecified atom stereocenters. The molecule has 0 radical (unpaired) electrons. The molecule has 4 heteroatoms. The molecule has 0 saturated heterocycles. The van der Waals surface area contributed by atoms with Crippen LogP contribution in [0.4, 0.5) is 0 Å². The summed E-state index contributed by atoms with van der Waals surface area (Å²) in [6.07, 6.45) is 5.40. The number of nitrogens with zero attached hydrogens (tertiary/aromatic N) is 1. The maximum absolute atomic E-state index is 5.63. The molecule has 2 aromatic heterocycles. The number of thiophene rings is 1. The molecule has 1 N–H and O–H groups in total. The largest absolute Gasteiger partial charge is 0.444 e. The number of oxazole rings is 1. The van der Waals surface area contributed by atoms with E-state index >= 15 is 0 Å². The van der Waals surface area contributed by atoms with Gasteiger partial charge in [0, 0.05) is 17.3 Å². The molecule has 0 spiro atoms. The highest BCUT2D eigenvalue weighted by Gasteiger charge is 2.32. The van der Waals surface area contributed by atoms with E-state index in [1.165, 1.54) is 17.7 Å². The van der Waals surface area contributed by atoms with Crippen molar-refractivity contribution < 1.29 is 4.42 Å². The van der Waals surface area contributed by atoms with Gasteiger partial charge in [-0.25, -0.2) is 4.98 Å². The van der Waals surface area contributed by atoms with Crippen LogP contribution in [0.25, 0.3) is 0 Å². The molecule has 1 saturated carbocycles. The summed E-state index contributed by atoms with van der Waals surface area (Å²) < 4.78 is 5.63. The second-order valence-corrected chi connectivity index (χ2v) is 5.76. The van der Waals surface area contributed by atoms with Gasteiger partial charge in [-0.3, -0.25) is 0 Å². The third kappa shape index (κ3) is 2.65. The van der Waals surface area contributed by atoms with E-state index in [1.54, 1.807) is 0 Å². The Morgan fingerprint density at radius 3 is 3.06 bits per heavy atom. The highest BCUT2D eigenvalue weighted by molar-refractivity contribution is 7.10. The number of hydrogen-bond donors (Lipinski definition) is 1. The molecule has 0 amide bonds. The average Bonchev–Trinajstić information content (AvgIpc) is 2.92. The van der Waals surface area contributed by atoms with Gasteiger partial charge in [0.1, 0.15) is 5.76 Å². The van der Waals surface area contributed by atoms with Crippen molar-refractivity contribution >= 4 is 11.3 Å². The number of hydrogen-bond acceptors (Lipinski definition) is 4. The van der Waals surface area contributed by atoms with Gasteiger partial charge >= 0.3 is 0 Å². The molecule has 0 aliphatic heterocycles. The molecule has 1 atom stereocenters. The molecule has 2 heterocycles. The summed E-state index contributed by atoms with van der Waals surface area (Å²) in [6, 6.07) is 4.81. The quantitative estimate of drug-likeness (QED) is 0.865. The Labute approximate surface area is 111 Å². The molecular weight excluding hydrogens is 244 g/mol. The lowest BCUT2D eigenvalue weighted by Crippen LogP contribution is -2.21. The Kier molecular flexibility index (Phi) is 3.48. The van der Waals surface area contributed by atoms with Gasteiger partial charge in [-0.2, -0.15) is 0 Å². The van der Waals surface area contributed by atoms with Crippen molar-refractivity contribution in [1.82, 2.24) is 10.3 Å². The molecule has 1 fully saturated rings. The molecule has 3 rings (SSSR count). The van der Waals surface area contributed by atoms with Gasteiger partial charge < -0.3 is 9.73 Å². The Balaban J connectivity index is 1.63. The molecule has 96 valence electrons. The first-order chi connectivity index (χ1) is 8.86. The van der Waals surface area contributed by atoms with E-state index in [0.29, 0.717) is 6.04 Å². The molecule has 1 aliphatic carbocycles. The standard InChI is InChI=1S/C14H18N2OS/c1-2-11-8-15-13(17-11)9-16-14(10-5-6-10)12-4-3-7-18-12/h3-4,7-8,10,14,16H,2,5-6,9H2,1H3. The fourth-order valence-corrected chi connectivity index (χ4v) is 3.08. The van der Waals surface area contributed by atoms with Crippen LogP contribution in [-0.2, 0) is 13.0 Å². The monoisotopic (exact) mass is 262 g/mol. The molecule has 0 bridgehead atoms. The Bertz CT molecular complexity index is 488. The maximum atomic E-state index is 5.63. The summed E-state index contributed by atoms with van der Waals surface area (Å²) in [4.78, 5) is 5.72. The van der Waals surface area contributed by atoms with Gasteiger partial charge in [-0.05, 0) is 30.2 Å². The number of nitrogens with one attached hydrogen (secondary N) is 1. The lowest BCUT2D eigenvalue weighted by atomic mass is 10.1. The molecule has 0 aromatic carbocycles. The van der Waals surface area contributed by atoms with E-state index < -0.39 is 0 Å². The van der Waals surface area contributed by atoms with Crippen LogP contribution >= 0.6 is 11.3 Å². The minimum atomic E-state index is 0.474. The van der Waals surface area contributed by atoms with Gasteiger partial charge in [0.2, 0.25) is 5.89 Å². The third-order valence-electron chi connectivity index (χ3n) is 3.37. The van der Waals surface area contributed by atoms with E-state index in [9.17, 15) is 0 Å². The molecule has 18 heavy (non-hydrogen) atoms. The van der Waals surface area contributed by atoms with E-state index in [4.69, 9.17) is 4.42 Å². The second-order valence-electron chi connectivity index (χ2n) is 4.79. The first kappa shape index (κ1) is 11.9. The highest BCUT2D eigenvalue weighted by Crippen LogP contribution is 2.42. The SMILES string of the molecule is CCc1cnc(CNC(c2cccs2)C2CC2)o1. The van der Waals surface area contributed by atoms with Crippen LogP contribution < -0.4 is 5.32 Å². The fourth-order valence-electron chi connectivity index (χ4n) is 2.19. The van der Waals surface area contributed by atoms with Gasteiger partial charge in [0.15, 0.2) is 0 Å². The van der Waals surface area contributed by atoms with Crippen molar-refractivity contribution in [3.05, 3.63) is 40.2 Å². The normalized spacial score (nSPS) is 16.9. The van der Waals surface area contributed by atoms with Crippen LogP contribution in [0, 0.1) is 5.92 Å². The fraction of sp³-hybridized carbons (Fsp3) is 0.500. The minimum absolute atomic E-state index is 0.474. The first-order valence-corrected chi connectivity index (χ1v) is 7.45. The van der Waals surface area contributed by atoms with Crippen LogP contribution in [0.2, 0.25) is 0 Å². The van der Waals surface area contributed by atoms with Gasteiger partial charge in [0.05, 0.1) is 12.7 Å². The topological polar surface area (TPSA) is 38.1 Å². The Morgan fingerprint density at radius 1 is 1.56 bits per heavy atom. The molecule has 3 nitrogen and oxygen atoms in total. The lowest BCUT2D eigenvalue weighted by molar-refractivity contribution is 0.404. The Hall–Kier alpha value is -1.13. The van der Waals surface area contributed by atoms with Crippen molar-refractivity contribution in [3.8, 4) is 0 Å². The van der Waals surface area contributed by atoms with Crippen molar-refractivity contribution in [2.24, 2.45) is 5.92 Å². The van der Waals surface area contributed by atoms with E-state index in [-0.39, 0.29) is 0 Å². The van der Waals surface area contributed by atoms with Crippen LogP contribution in [0.1, 0.15) is 42.3 Å². The van der Waals surface area contributed by atoms with Crippen molar-refractivity contribution in [2.75, 3.05) is 0 Å². The number of rotatable bonds is 6. The zero-order chi connectivity index (χ0) is 12.4. The summed E-state index contributed by atoms with van der Waals surface area (Å²) in [7, 11) is 0. The summed E-state index contributed by atoms with van der Waals surface area (Å²) in [6.45, 7) is 2.80. The van der Waals surface area contributed by atoms with Crippen LogP contribution in [-0.4, -0.2) is 4.98 Å². The summed E-state index contributed by atoms with van der Waals surface area (Å²) in [5, 5.41) is 5.74. The minimum Gasteiger partial charge on any atom is -0.444 e. The predicted octanol–water partition coefficient (Wildman–Crippen LogP) is 3.54. The molecule has 1 aliphatic rings. The first-order valence-electron chi connectivity index (χ1n) is 6.57. The van der Waals surface area contributed by atoms with E-state index in [1.807, 2.05) is 17.5 Å².